The van der Waals surface area contributed by atoms with Gasteiger partial charge in [-0.2, -0.15) is 0 Å². The van der Waals surface area contributed by atoms with E-state index in [9.17, 15) is 4.79 Å². The van der Waals surface area contributed by atoms with Gasteiger partial charge in [0, 0.05) is 11.1 Å². The molecule has 0 radical (unpaired) electrons. The van der Waals surface area contributed by atoms with Crippen molar-refractivity contribution < 1.29 is 15.0 Å². The third-order valence-corrected chi connectivity index (χ3v) is 2.53. The zero-order valence-electron chi connectivity index (χ0n) is 9.13. The van der Waals surface area contributed by atoms with E-state index in [1.165, 1.54) is 12.1 Å². The van der Waals surface area contributed by atoms with Crippen LogP contribution in [0.1, 0.15) is 21.5 Å². The van der Waals surface area contributed by atoms with Gasteiger partial charge in [-0.3, -0.25) is 4.79 Å². The Labute approximate surface area is 99.0 Å². The van der Waals surface area contributed by atoms with Crippen LogP contribution in [0.4, 0.5) is 0 Å². The van der Waals surface area contributed by atoms with Crippen LogP contribution in [0, 0.1) is 0 Å². The predicted molar refractivity (Wildman–Crippen MR) is 63.9 cm³/mol. The van der Waals surface area contributed by atoms with Crippen molar-refractivity contribution in [2.45, 2.75) is 6.61 Å². The summed E-state index contributed by atoms with van der Waals surface area (Å²) >= 11 is 0. The average Bonchev–Trinajstić information content (AvgIpc) is 2.39. The number of hydrogen-bond donors (Lipinski definition) is 2. The Morgan fingerprint density at radius 1 is 0.882 bits per heavy atom. The van der Waals surface area contributed by atoms with Gasteiger partial charge < -0.3 is 10.2 Å². The summed E-state index contributed by atoms with van der Waals surface area (Å²) < 4.78 is 0. The molecule has 0 unspecified atom stereocenters. The summed E-state index contributed by atoms with van der Waals surface area (Å²) in [5.74, 6) is 0.0340. The molecule has 0 aliphatic heterocycles. The standard InChI is InChI=1S/C14H12O3/c15-9-10-1-3-11(4-2-10)14(17)12-5-7-13(16)8-6-12/h1-8,15-16H,9H2. The van der Waals surface area contributed by atoms with Crippen LogP contribution in [0.5, 0.6) is 5.75 Å². The molecule has 3 heteroatoms. The highest BCUT2D eigenvalue weighted by atomic mass is 16.3. The first-order valence-corrected chi connectivity index (χ1v) is 5.24. The molecular weight excluding hydrogens is 216 g/mol. The maximum Gasteiger partial charge on any atom is 0.193 e. The van der Waals surface area contributed by atoms with Crippen molar-refractivity contribution in [2.24, 2.45) is 0 Å². The second-order valence-corrected chi connectivity index (χ2v) is 3.73. The van der Waals surface area contributed by atoms with Gasteiger partial charge in [0.2, 0.25) is 0 Å². The Hall–Kier alpha value is -2.13. The van der Waals surface area contributed by atoms with E-state index >= 15 is 0 Å². The van der Waals surface area contributed by atoms with Crippen molar-refractivity contribution in [1.82, 2.24) is 0 Å². The quantitative estimate of drug-likeness (QED) is 0.791. The van der Waals surface area contributed by atoms with Crippen molar-refractivity contribution >= 4 is 5.78 Å². The highest BCUT2D eigenvalue weighted by molar-refractivity contribution is 6.09. The lowest BCUT2D eigenvalue weighted by atomic mass is 10.0. The van der Waals surface area contributed by atoms with E-state index in [-0.39, 0.29) is 18.1 Å². The SMILES string of the molecule is O=C(c1ccc(O)cc1)c1ccc(CO)cc1. The number of hydrogen-bond acceptors (Lipinski definition) is 3. The number of carbonyl (C=O) groups excluding carboxylic acids is 1. The zero-order chi connectivity index (χ0) is 12.3. The molecule has 2 N–H and O–H groups in total. The highest BCUT2D eigenvalue weighted by Crippen LogP contribution is 2.14. The van der Waals surface area contributed by atoms with Crippen LogP contribution >= 0.6 is 0 Å². The molecule has 0 aliphatic carbocycles. The van der Waals surface area contributed by atoms with Crippen LogP contribution in [0.2, 0.25) is 0 Å². The van der Waals surface area contributed by atoms with Gasteiger partial charge in [0.25, 0.3) is 0 Å². The predicted octanol–water partition coefficient (Wildman–Crippen LogP) is 2.12. The molecule has 0 aliphatic rings. The molecule has 0 amide bonds. The molecule has 86 valence electrons. The highest BCUT2D eigenvalue weighted by Gasteiger charge is 2.08. The number of benzene rings is 2. The molecule has 17 heavy (non-hydrogen) atoms. The molecule has 2 aromatic rings. The van der Waals surface area contributed by atoms with E-state index in [2.05, 4.69) is 0 Å². The van der Waals surface area contributed by atoms with Crippen LogP contribution in [-0.4, -0.2) is 16.0 Å². The second-order valence-electron chi connectivity index (χ2n) is 3.73. The Bertz CT molecular complexity index is 512. The van der Waals surface area contributed by atoms with E-state index in [4.69, 9.17) is 10.2 Å². The lowest BCUT2D eigenvalue weighted by Crippen LogP contribution is -2.00. The average molecular weight is 228 g/mol. The van der Waals surface area contributed by atoms with Crippen molar-refractivity contribution in [3.63, 3.8) is 0 Å². The molecule has 0 saturated heterocycles. The van der Waals surface area contributed by atoms with E-state index in [1.54, 1.807) is 36.4 Å². The number of aliphatic hydroxyl groups is 1. The summed E-state index contributed by atoms with van der Waals surface area (Å²) in [6, 6.07) is 12.9. The number of aliphatic hydroxyl groups excluding tert-OH is 1. The minimum Gasteiger partial charge on any atom is -0.508 e. The van der Waals surface area contributed by atoms with E-state index < -0.39 is 0 Å². The number of rotatable bonds is 3. The Kier molecular flexibility index (Phi) is 3.21. The fourth-order valence-corrected chi connectivity index (χ4v) is 1.54. The molecule has 2 aromatic carbocycles. The van der Waals surface area contributed by atoms with Crippen LogP contribution in [0.15, 0.2) is 48.5 Å². The molecule has 0 spiro atoms. The smallest absolute Gasteiger partial charge is 0.193 e. The first-order chi connectivity index (χ1) is 8.20. The molecule has 0 heterocycles. The van der Waals surface area contributed by atoms with Crippen LogP contribution in [-0.2, 0) is 6.61 Å². The van der Waals surface area contributed by atoms with Gasteiger partial charge in [-0.05, 0) is 29.8 Å². The fraction of sp³-hybridized carbons (Fsp3) is 0.0714. The van der Waals surface area contributed by atoms with E-state index in [0.717, 1.165) is 5.56 Å². The monoisotopic (exact) mass is 228 g/mol. The Morgan fingerprint density at radius 2 is 1.35 bits per heavy atom. The van der Waals surface area contributed by atoms with Gasteiger partial charge in [-0.25, -0.2) is 0 Å². The van der Waals surface area contributed by atoms with Gasteiger partial charge in [-0.1, -0.05) is 24.3 Å². The Balaban J connectivity index is 2.27. The van der Waals surface area contributed by atoms with Gasteiger partial charge in [-0.15, -0.1) is 0 Å². The van der Waals surface area contributed by atoms with Crippen molar-refractivity contribution in [3.8, 4) is 5.75 Å². The van der Waals surface area contributed by atoms with Crippen molar-refractivity contribution in [1.29, 1.82) is 0 Å². The zero-order valence-corrected chi connectivity index (χ0v) is 9.13. The van der Waals surface area contributed by atoms with Gasteiger partial charge >= 0.3 is 0 Å². The summed E-state index contributed by atoms with van der Waals surface area (Å²) in [6.07, 6.45) is 0. The number of phenolic OH excluding ortho intramolecular Hbond substituents is 1. The topological polar surface area (TPSA) is 57.5 Å². The largest absolute Gasteiger partial charge is 0.508 e. The lowest BCUT2D eigenvalue weighted by Gasteiger charge is -2.02. The summed E-state index contributed by atoms with van der Waals surface area (Å²) in [7, 11) is 0. The molecule has 0 saturated carbocycles. The van der Waals surface area contributed by atoms with Gasteiger partial charge in [0.1, 0.15) is 5.75 Å². The van der Waals surface area contributed by atoms with Crippen LogP contribution in [0.3, 0.4) is 0 Å². The first kappa shape index (κ1) is 11.4. The third-order valence-electron chi connectivity index (χ3n) is 2.53. The summed E-state index contributed by atoms with van der Waals surface area (Å²) in [4.78, 5) is 12.0. The molecule has 0 bridgehead atoms. The summed E-state index contributed by atoms with van der Waals surface area (Å²) in [5, 5.41) is 18.0. The third kappa shape index (κ3) is 2.52. The van der Waals surface area contributed by atoms with Crippen LogP contribution in [0.25, 0.3) is 0 Å². The number of aromatic hydroxyl groups is 1. The second kappa shape index (κ2) is 4.80. The first-order valence-electron chi connectivity index (χ1n) is 5.24. The number of phenols is 1. The minimum absolute atomic E-state index is 0.0340. The van der Waals surface area contributed by atoms with Gasteiger partial charge in [0.15, 0.2) is 5.78 Å². The molecule has 0 fully saturated rings. The molecule has 2 rings (SSSR count). The normalized spacial score (nSPS) is 10.2. The summed E-state index contributed by atoms with van der Waals surface area (Å²) in [5.41, 5.74) is 1.86. The fourth-order valence-electron chi connectivity index (χ4n) is 1.54. The molecule has 0 atom stereocenters. The molecule has 0 aromatic heterocycles. The van der Waals surface area contributed by atoms with Crippen LogP contribution < -0.4 is 0 Å². The minimum atomic E-state index is -0.102. The number of ketones is 1. The van der Waals surface area contributed by atoms with E-state index in [0.29, 0.717) is 11.1 Å². The van der Waals surface area contributed by atoms with Crippen molar-refractivity contribution in [3.05, 3.63) is 65.2 Å². The van der Waals surface area contributed by atoms with E-state index in [1.807, 2.05) is 0 Å². The maximum atomic E-state index is 12.0. The summed E-state index contributed by atoms with van der Waals surface area (Å²) in [6.45, 7) is -0.0340. The number of carbonyl (C=O) groups is 1. The van der Waals surface area contributed by atoms with Gasteiger partial charge in [0.05, 0.1) is 6.61 Å². The Morgan fingerprint density at radius 3 is 1.82 bits per heavy atom. The molecular formula is C14H12O3. The lowest BCUT2D eigenvalue weighted by molar-refractivity contribution is 0.103. The van der Waals surface area contributed by atoms with Crippen molar-refractivity contribution in [2.75, 3.05) is 0 Å². The molecule has 3 nitrogen and oxygen atoms in total. The maximum absolute atomic E-state index is 12.0.